The van der Waals surface area contributed by atoms with E-state index >= 15 is 0 Å². The van der Waals surface area contributed by atoms with Gasteiger partial charge < -0.3 is 5.32 Å². The summed E-state index contributed by atoms with van der Waals surface area (Å²) in [6.45, 7) is 2.12. The van der Waals surface area contributed by atoms with Crippen molar-refractivity contribution >= 4 is 21.7 Å². The number of hydrogen-bond donors (Lipinski definition) is 1. The maximum absolute atomic E-state index is 4.78. The lowest BCUT2D eigenvalue weighted by molar-refractivity contribution is 0.873. The van der Waals surface area contributed by atoms with Crippen LogP contribution in [0.4, 0.5) is 5.82 Å². The molecule has 0 saturated carbocycles. The third-order valence-corrected chi connectivity index (χ3v) is 4.86. The van der Waals surface area contributed by atoms with E-state index in [0.29, 0.717) is 5.82 Å². The smallest absolute Gasteiger partial charge is 0.162 e. The molecular formula is C23H19BrN4. The molecule has 4 rings (SSSR count). The minimum Gasteiger partial charge on any atom is -0.363 e. The van der Waals surface area contributed by atoms with Gasteiger partial charge in [-0.05, 0) is 34.5 Å². The number of pyridine rings is 1. The summed E-state index contributed by atoms with van der Waals surface area (Å²) in [6, 6.07) is 24.4. The van der Waals surface area contributed by atoms with Crippen molar-refractivity contribution < 1.29 is 0 Å². The summed E-state index contributed by atoms with van der Waals surface area (Å²) >= 11 is 3.49. The molecule has 0 saturated heterocycles. The Kier molecular flexibility index (Phi) is 5.44. The Morgan fingerprint density at radius 2 is 1.54 bits per heavy atom. The number of benzene rings is 2. The zero-order chi connectivity index (χ0) is 19.3. The van der Waals surface area contributed by atoms with E-state index < -0.39 is 0 Å². The molecule has 2 heterocycles. The number of hydrogen-bond acceptors (Lipinski definition) is 4. The second-order valence-corrected chi connectivity index (χ2v) is 7.41. The fraction of sp³-hybridized carbons (Fsp3) is 0.0870. The summed E-state index contributed by atoms with van der Waals surface area (Å²) < 4.78 is 0.914. The van der Waals surface area contributed by atoms with E-state index in [-0.39, 0.29) is 6.04 Å². The van der Waals surface area contributed by atoms with Crippen molar-refractivity contribution in [3.05, 3.63) is 95.2 Å². The average molecular weight is 431 g/mol. The first-order chi connectivity index (χ1) is 13.7. The fourth-order valence-corrected chi connectivity index (χ4v) is 3.35. The van der Waals surface area contributed by atoms with Crippen molar-refractivity contribution in [2.45, 2.75) is 13.0 Å². The molecule has 0 radical (unpaired) electrons. The van der Waals surface area contributed by atoms with Crippen LogP contribution >= 0.6 is 15.9 Å². The first-order valence-electron chi connectivity index (χ1n) is 9.06. The van der Waals surface area contributed by atoms with Gasteiger partial charge in [0.1, 0.15) is 5.82 Å². The van der Waals surface area contributed by atoms with Gasteiger partial charge in [-0.1, -0.05) is 60.7 Å². The van der Waals surface area contributed by atoms with Crippen LogP contribution in [0.15, 0.2) is 89.7 Å². The van der Waals surface area contributed by atoms with E-state index in [0.717, 1.165) is 27.1 Å². The van der Waals surface area contributed by atoms with Crippen molar-refractivity contribution in [3.8, 4) is 22.6 Å². The highest BCUT2D eigenvalue weighted by Gasteiger charge is 2.12. The molecule has 5 heteroatoms. The molecule has 0 aliphatic carbocycles. The summed E-state index contributed by atoms with van der Waals surface area (Å²) in [5.74, 6) is 1.46. The molecule has 2 aromatic carbocycles. The molecule has 1 N–H and O–H groups in total. The summed E-state index contributed by atoms with van der Waals surface area (Å²) in [4.78, 5) is 13.8. The number of nitrogens with one attached hydrogen (secondary N) is 1. The van der Waals surface area contributed by atoms with E-state index in [1.165, 1.54) is 5.56 Å². The molecule has 1 atom stereocenters. The number of aromatic nitrogens is 3. The molecule has 1 unspecified atom stereocenters. The lowest BCUT2D eigenvalue weighted by Gasteiger charge is -2.16. The summed E-state index contributed by atoms with van der Waals surface area (Å²) in [5.41, 5.74) is 3.94. The highest BCUT2D eigenvalue weighted by molar-refractivity contribution is 9.10. The van der Waals surface area contributed by atoms with Crippen LogP contribution < -0.4 is 5.32 Å². The molecule has 0 aliphatic rings. The van der Waals surface area contributed by atoms with Gasteiger partial charge in [0, 0.05) is 40.1 Å². The SMILES string of the molecule is CC(Nc1cc(-c2cncc(Br)c2)nc(-c2ccccc2)n1)c1ccccc1. The summed E-state index contributed by atoms with van der Waals surface area (Å²) in [5, 5.41) is 3.51. The van der Waals surface area contributed by atoms with E-state index in [4.69, 9.17) is 9.97 Å². The first-order valence-corrected chi connectivity index (χ1v) is 9.85. The number of nitrogens with zero attached hydrogens (tertiary/aromatic N) is 3. The van der Waals surface area contributed by atoms with Crippen LogP contribution in [0.25, 0.3) is 22.6 Å². The Labute approximate surface area is 172 Å². The van der Waals surface area contributed by atoms with Gasteiger partial charge in [0.25, 0.3) is 0 Å². The topological polar surface area (TPSA) is 50.7 Å². The molecule has 0 spiro atoms. The molecule has 2 aromatic heterocycles. The van der Waals surface area contributed by atoms with Gasteiger partial charge in [0.2, 0.25) is 0 Å². The number of anilines is 1. The van der Waals surface area contributed by atoms with Crippen molar-refractivity contribution in [2.75, 3.05) is 5.32 Å². The van der Waals surface area contributed by atoms with Gasteiger partial charge in [-0.25, -0.2) is 9.97 Å². The maximum atomic E-state index is 4.78. The van der Waals surface area contributed by atoms with Crippen LogP contribution in [0.2, 0.25) is 0 Å². The molecule has 28 heavy (non-hydrogen) atoms. The van der Waals surface area contributed by atoms with Crippen molar-refractivity contribution in [3.63, 3.8) is 0 Å². The average Bonchev–Trinajstić information content (AvgIpc) is 2.75. The van der Waals surface area contributed by atoms with Crippen molar-refractivity contribution in [2.24, 2.45) is 0 Å². The van der Waals surface area contributed by atoms with E-state index in [1.807, 2.05) is 66.9 Å². The predicted octanol–water partition coefficient (Wildman–Crippen LogP) is 6.14. The molecule has 0 fully saturated rings. The van der Waals surface area contributed by atoms with Crippen LogP contribution in [-0.2, 0) is 0 Å². The number of rotatable bonds is 5. The van der Waals surface area contributed by atoms with Gasteiger partial charge in [-0.15, -0.1) is 0 Å². The van der Waals surface area contributed by atoms with Gasteiger partial charge in [-0.3, -0.25) is 4.98 Å². The van der Waals surface area contributed by atoms with E-state index in [9.17, 15) is 0 Å². The van der Waals surface area contributed by atoms with Gasteiger partial charge >= 0.3 is 0 Å². The standard InChI is InChI=1S/C23H19BrN4/c1-16(17-8-4-2-5-9-17)26-22-13-21(19-12-20(24)15-25-14-19)27-23(28-22)18-10-6-3-7-11-18/h2-16H,1H3,(H,26,27,28). The third-order valence-electron chi connectivity index (χ3n) is 4.42. The van der Waals surface area contributed by atoms with Crippen LogP contribution in [0.3, 0.4) is 0 Å². The summed E-state index contributed by atoms with van der Waals surface area (Å²) in [6.07, 6.45) is 3.58. The third kappa shape index (κ3) is 4.26. The predicted molar refractivity (Wildman–Crippen MR) is 117 cm³/mol. The zero-order valence-corrected chi connectivity index (χ0v) is 17.0. The van der Waals surface area contributed by atoms with Crippen LogP contribution in [-0.4, -0.2) is 15.0 Å². The maximum Gasteiger partial charge on any atom is 0.162 e. The number of halogens is 1. The van der Waals surface area contributed by atoms with E-state index in [1.54, 1.807) is 6.20 Å². The Hall–Kier alpha value is -3.05. The molecular weight excluding hydrogens is 412 g/mol. The lowest BCUT2D eigenvalue weighted by atomic mass is 10.1. The molecule has 0 amide bonds. The minimum absolute atomic E-state index is 0.119. The second kappa shape index (κ2) is 8.31. The first kappa shape index (κ1) is 18.3. The highest BCUT2D eigenvalue weighted by Crippen LogP contribution is 2.27. The van der Waals surface area contributed by atoms with Crippen molar-refractivity contribution in [1.29, 1.82) is 0 Å². The van der Waals surface area contributed by atoms with E-state index in [2.05, 4.69) is 45.3 Å². The molecule has 0 bridgehead atoms. The quantitative estimate of drug-likeness (QED) is 0.412. The Bertz CT molecular complexity index is 1070. The highest BCUT2D eigenvalue weighted by atomic mass is 79.9. The van der Waals surface area contributed by atoms with Gasteiger partial charge in [-0.2, -0.15) is 0 Å². The largest absolute Gasteiger partial charge is 0.363 e. The fourth-order valence-electron chi connectivity index (χ4n) is 2.98. The summed E-state index contributed by atoms with van der Waals surface area (Å²) in [7, 11) is 0. The van der Waals surface area contributed by atoms with Crippen LogP contribution in [0.1, 0.15) is 18.5 Å². The molecule has 0 aliphatic heterocycles. The Balaban J connectivity index is 1.76. The van der Waals surface area contributed by atoms with Crippen LogP contribution in [0.5, 0.6) is 0 Å². The zero-order valence-electron chi connectivity index (χ0n) is 15.4. The van der Waals surface area contributed by atoms with Gasteiger partial charge in [0.05, 0.1) is 5.69 Å². The minimum atomic E-state index is 0.119. The molecule has 4 nitrogen and oxygen atoms in total. The Morgan fingerprint density at radius 1 is 0.821 bits per heavy atom. The molecule has 138 valence electrons. The normalized spacial score (nSPS) is 11.8. The molecule has 4 aromatic rings. The second-order valence-electron chi connectivity index (χ2n) is 6.50. The van der Waals surface area contributed by atoms with Crippen LogP contribution in [0, 0.1) is 0 Å². The Morgan fingerprint density at radius 3 is 2.25 bits per heavy atom. The lowest BCUT2D eigenvalue weighted by Crippen LogP contribution is -2.09. The van der Waals surface area contributed by atoms with Crippen molar-refractivity contribution in [1.82, 2.24) is 15.0 Å². The van der Waals surface area contributed by atoms with Gasteiger partial charge in [0.15, 0.2) is 5.82 Å². The monoisotopic (exact) mass is 430 g/mol.